The number of aliphatic hydroxyl groups is 2. The van der Waals surface area contributed by atoms with Gasteiger partial charge in [-0.2, -0.15) is 0 Å². The minimum atomic E-state index is -0.239. The third-order valence-corrected chi connectivity index (χ3v) is 1.64. The second kappa shape index (κ2) is 4.77. The molecule has 0 aromatic heterocycles. The Labute approximate surface area is 56.5 Å². The highest BCUT2D eigenvalue weighted by Crippen LogP contribution is 2.08. The molecule has 2 heteroatoms. The molecule has 0 aliphatic heterocycles. The van der Waals surface area contributed by atoms with Crippen LogP contribution in [0.2, 0.25) is 0 Å². The van der Waals surface area contributed by atoms with E-state index in [-0.39, 0.29) is 12.7 Å². The predicted octanol–water partition coefficient (Wildman–Crippen LogP) is 0.776. The Morgan fingerprint density at radius 3 is 2.22 bits per heavy atom. The Morgan fingerprint density at radius 2 is 1.89 bits per heavy atom. The molecule has 56 valence electrons. The Balaban J connectivity index is 3.16. The van der Waals surface area contributed by atoms with Gasteiger partial charge in [0.2, 0.25) is 0 Å². The third-order valence-electron chi connectivity index (χ3n) is 1.64. The smallest absolute Gasteiger partial charge is 0.0537 e. The molecule has 0 rings (SSSR count). The molecule has 2 atom stereocenters. The summed E-state index contributed by atoms with van der Waals surface area (Å²) >= 11 is 0. The van der Waals surface area contributed by atoms with Gasteiger partial charge in [-0.15, -0.1) is 0 Å². The van der Waals surface area contributed by atoms with Crippen LogP contribution in [0, 0.1) is 5.92 Å². The summed E-state index contributed by atoms with van der Waals surface area (Å²) in [6.07, 6.45) is 1.47. The van der Waals surface area contributed by atoms with Crippen LogP contribution in [0.3, 0.4) is 0 Å². The highest BCUT2D eigenvalue weighted by Gasteiger charge is 2.06. The SMILES string of the molecule is C[C@H](O)[C@H](C)CCCO. The molecule has 0 fully saturated rings. The first kappa shape index (κ1) is 8.92. The average Bonchev–Trinajstić information content (AvgIpc) is 1.82. The summed E-state index contributed by atoms with van der Waals surface area (Å²) in [6, 6.07) is 0. The Kier molecular flexibility index (Phi) is 4.72. The highest BCUT2D eigenvalue weighted by atomic mass is 16.3. The van der Waals surface area contributed by atoms with Crippen LogP contribution < -0.4 is 0 Å². The first-order valence-electron chi connectivity index (χ1n) is 3.47. The average molecular weight is 132 g/mol. The predicted molar refractivity (Wildman–Crippen MR) is 37.2 cm³/mol. The zero-order chi connectivity index (χ0) is 7.28. The normalized spacial score (nSPS) is 17.3. The van der Waals surface area contributed by atoms with Crippen molar-refractivity contribution in [2.24, 2.45) is 5.92 Å². The Bertz CT molecular complexity index is 61.9. The molecule has 0 heterocycles. The van der Waals surface area contributed by atoms with Crippen LogP contribution in [0.25, 0.3) is 0 Å². The molecule has 0 spiro atoms. The maximum Gasteiger partial charge on any atom is 0.0537 e. The van der Waals surface area contributed by atoms with Gasteiger partial charge in [0.25, 0.3) is 0 Å². The molecule has 2 nitrogen and oxygen atoms in total. The summed E-state index contributed by atoms with van der Waals surface area (Å²) in [5.74, 6) is 0.317. The summed E-state index contributed by atoms with van der Waals surface area (Å²) in [4.78, 5) is 0. The van der Waals surface area contributed by atoms with Crippen molar-refractivity contribution in [3.05, 3.63) is 0 Å². The zero-order valence-corrected chi connectivity index (χ0v) is 6.17. The van der Waals surface area contributed by atoms with Gasteiger partial charge in [-0.25, -0.2) is 0 Å². The number of hydrogen-bond donors (Lipinski definition) is 2. The molecule has 0 aromatic rings. The van der Waals surface area contributed by atoms with Crippen LogP contribution in [0.4, 0.5) is 0 Å². The van der Waals surface area contributed by atoms with Gasteiger partial charge in [-0.05, 0) is 25.7 Å². The monoisotopic (exact) mass is 132 g/mol. The van der Waals surface area contributed by atoms with E-state index in [0.717, 1.165) is 12.8 Å². The van der Waals surface area contributed by atoms with Gasteiger partial charge in [0.05, 0.1) is 6.10 Å². The molecule has 0 bridgehead atoms. The van der Waals surface area contributed by atoms with Crippen LogP contribution in [0.5, 0.6) is 0 Å². The van der Waals surface area contributed by atoms with Crippen LogP contribution >= 0.6 is 0 Å². The first-order valence-corrected chi connectivity index (χ1v) is 3.47. The quantitative estimate of drug-likeness (QED) is 0.593. The molecule has 0 saturated heterocycles. The molecular formula is C7H16O2. The highest BCUT2D eigenvalue weighted by molar-refractivity contribution is 4.57. The second-order valence-electron chi connectivity index (χ2n) is 2.58. The Morgan fingerprint density at radius 1 is 1.33 bits per heavy atom. The molecule has 0 radical (unpaired) electrons. The summed E-state index contributed by atoms with van der Waals surface area (Å²) in [5, 5.41) is 17.4. The van der Waals surface area contributed by atoms with E-state index in [2.05, 4.69) is 0 Å². The molecule has 2 N–H and O–H groups in total. The molecule has 9 heavy (non-hydrogen) atoms. The summed E-state index contributed by atoms with van der Waals surface area (Å²) < 4.78 is 0. The summed E-state index contributed by atoms with van der Waals surface area (Å²) in [5.41, 5.74) is 0. The lowest BCUT2D eigenvalue weighted by molar-refractivity contribution is 0.124. The molecule has 0 aromatic carbocycles. The fourth-order valence-electron chi connectivity index (χ4n) is 0.654. The Hall–Kier alpha value is -0.0800. The topological polar surface area (TPSA) is 40.5 Å². The van der Waals surface area contributed by atoms with Gasteiger partial charge in [0.15, 0.2) is 0 Å². The molecule has 0 aliphatic carbocycles. The van der Waals surface area contributed by atoms with E-state index in [9.17, 15) is 0 Å². The van der Waals surface area contributed by atoms with Crippen molar-refractivity contribution in [1.29, 1.82) is 0 Å². The molecule has 0 amide bonds. The standard InChI is InChI=1S/C7H16O2/c1-6(7(2)9)4-3-5-8/h6-9H,3-5H2,1-2H3/t6-,7+/m1/s1. The number of aliphatic hydroxyl groups excluding tert-OH is 2. The minimum absolute atomic E-state index is 0.233. The fraction of sp³-hybridized carbons (Fsp3) is 1.00. The van der Waals surface area contributed by atoms with Crippen LogP contribution in [0.15, 0.2) is 0 Å². The number of rotatable bonds is 4. The first-order chi connectivity index (χ1) is 4.18. The van der Waals surface area contributed by atoms with Crippen LogP contribution in [0.1, 0.15) is 26.7 Å². The molecule has 0 saturated carbocycles. The van der Waals surface area contributed by atoms with E-state index < -0.39 is 0 Å². The van der Waals surface area contributed by atoms with E-state index in [1.807, 2.05) is 6.92 Å². The second-order valence-corrected chi connectivity index (χ2v) is 2.58. The van der Waals surface area contributed by atoms with Gasteiger partial charge >= 0.3 is 0 Å². The van der Waals surface area contributed by atoms with Crippen molar-refractivity contribution in [3.8, 4) is 0 Å². The van der Waals surface area contributed by atoms with Gasteiger partial charge in [-0.3, -0.25) is 0 Å². The zero-order valence-electron chi connectivity index (χ0n) is 6.17. The van der Waals surface area contributed by atoms with E-state index in [1.165, 1.54) is 0 Å². The third kappa shape index (κ3) is 4.43. The molecule has 0 aliphatic rings. The van der Waals surface area contributed by atoms with Crippen molar-refractivity contribution in [2.75, 3.05) is 6.61 Å². The summed E-state index contributed by atoms with van der Waals surface area (Å²) in [7, 11) is 0. The molecule has 0 unspecified atom stereocenters. The van der Waals surface area contributed by atoms with Crippen LogP contribution in [-0.4, -0.2) is 22.9 Å². The maximum absolute atomic E-state index is 8.97. The van der Waals surface area contributed by atoms with E-state index in [4.69, 9.17) is 10.2 Å². The lowest BCUT2D eigenvalue weighted by atomic mass is 10.0. The van der Waals surface area contributed by atoms with Gasteiger partial charge in [0.1, 0.15) is 0 Å². The number of hydrogen-bond acceptors (Lipinski definition) is 2. The summed E-state index contributed by atoms with van der Waals surface area (Å²) in [6.45, 7) is 4.00. The fourth-order valence-corrected chi connectivity index (χ4v) is 0.654. The van der Waals surface area contributed by atoms with Crippen molar-refractivity contribution < 1.29 is 10.2 Å². The largest absolute Gasteiger partial charge is 0.396 e. The lowest BCUT2D eigenvalue weighted by Gasteiger charge is -2.12. The van der Waals surface area contributed by atoms with E-state index >= 15 is 0 Å². The van der Waals surface area contributed by atoms with E-state index in [1.54, 1.807) is 6.92 Å². The molecular weight excluding hydrogens is 116 g/mol. The van der Waals surface area contributed by atoms with E-state index in [0.29, 0.717) is 5.92 Å². The minimum Gasteiger partial charge on any atom is -0.396 e. The van der Waals surface area contributed by atoms with Gasteiger partial charge < -0.3 is 10.2 Å². The lowest BCUT2D eigenvalue weighted by Crippen LogP contribution is -2.12. The van der Waals surface area contributed by atoms with Crippen LogP contribution in [-0.2, 0) is 0 Å². The van der Waals surface area contributed by atoms with Crippen molar-refractivity contribution in [1.82, 2.24) is 0 Å². The van der Waals surface area contributed by atoms with Gasteiger partial charge in [0, 0.05) is 6.61 Å². The van der Waals surface area contributed by atoms with Crippen molar-refractivity contribution >= 4 is 0 Å². The van der Waals surface area contributed by atoms with Crippen molar-refractivity contribution in [3.63, 3.8) is 0 Å². The maximum atomic E-state index is 8.97. The van der Waals surface area contributed by atoms with Gasteiger partial charge in [-0.1, -0.05) is 6.92 Å². The van der Waals surface area contributed by atoms with Crippen molar-refractivity contribution in [2.45, 2.75) is 32.8 Å².